The molecule has 1 aromatic rings. The van der Waals surface area contributed by atoms with E-state index in [4.69, 9.17) is 11.6 Å². The molecule has 118 valence electrons. The first kappa shape index (κ1) is 18.6. The maximum Gasteiger partial charge on any atom is 0.191 e. The largest absolute Gasteiger partial charge is 0.356 e. The van der Waals surface area contributed by atoms with Crippen molar-refractivity contribution in [3.05, 3.63) is 34.9 Å². The third-order valence-electron chi connectivity index (χ3n) is 3.98. The zero-order chi connectivity index (χ0) is 14.8. The topological polar surface area (TPSA) is 36.4 Å². The lowest BCUT2D eigenvalue weighted by Crippen LogP contribution is -2.44. The predicted octanol–water partition coefficient (Wildman–Crippen LogP) is 3.81. The van der Waals surface area contributed by atoms with E-state index >= 15 is 0 Å². The molecule has 0 saturated heterocycles. The maximum absolute atomic E-state index is 5.94. The SMILES string of the molecule is CN=C(NCC(C)(C)c1ccc(Cl)cc1)NC1CC1C.I. The Morgan fingerprint density at radius 2 is 1.90 bits per heavy atom. The number of halogens is 2. The molecule has 0 aliphatic heterocycles. The summed E-state index contributed by atoms with van der Waals surface area (Å²) in [5.74, 6) is 1.65. The molecule has 1 aromatic carbocycles. The number of nitrogens with one attached hydrogen (secondary N) is 2. The monoisotopic (exact) mass is 421 g/mol. The van der Waals surface area contributed by atoms with Crippen LogP contribution in [0.2, 0.25) is 5.02 Å². The smallest absolute Gasteiger partial charge is 0.191 e. The second-order valence-corrected chi connectivity index (χ2v) is 6.72. The summed E-state index contributed by atoms with van der Waals surface area (Å²) < 4.78 is 0. The molecule has 2 unspecified atom stereocenters. The van der Waals surface area contributed by atoms with E-state index in [9.17, 15) is 0 Å². The highest BCUT2D eigenvalue weighted by atomic mass is 127. The molecule has 2 rings (SSSR count). The summed E-state index contributed by atoms with van der Waals surface area (Å²) in [6.45, 7) is 7.52. The molecule has 2 atom stereocenters. The van der Waals surface area contributed by atoms with E-state index in [1.54, 1.807) is 0 Å². The molecule has 21 heavy (non-hydrogen) atoms. The van der Waals surface area contributed by atoms with Gasteiger partial charge in [-0.15, -0.1) is 24.0 Å². The Kier molecular flexibility index (Phi) is 6.78. The Morgan fingerprint density at radius 1 is 1.33 bits per heavy atom. The van der Waals surface area contributed by atoms with E-state index < -0.39 is 0 Å². The minimum absolute atomic E-state index is 0. The molecule has 5 heteroatoms. The lowest BCUT2D eigenvalue weighted by molar-refractivity contribution is 0.508. The molecule has 0 bridgehead atoms. The van der Waals surface area contributed by atoms with Crippen molar-refractivity contribution in [3.63, 3.8) is 0 Å². The van der Waals surface area contributed by atoms with Crippen LogP contribution in [0.4, 0.5) is 0 Å². The molecule has 1 aliphatic rings. The quantitative estimate of drug-likeness (QED) is 0.441. The van der Waals surface area contributed by atoms with Gasteiger partial charge in [0.2, 0.25) is 0 Å². The fourth-order valence-corrected chi connectivity index (χ4v) is 2.33. The second kappa shape index (κ2) is 7.68. The first-order valence-corrected chi connectivity index (χ1v) is 7.53. The Morgan fingerprint density at radius 3 is 2.38 bits per heavy atom. The van der Waals surface area contributed by atoms with Crippen molar-refractivity contribution in [3.8, 4) is 0 Å². The molecule has 1 fully saturated rings. The van der Waals surface area contributed by atoms with Gasteiger partial charge in [-0.2, -0.15) is 0 Å². The standard InChI is InChI=1S/C16H24ClN3.HI/c1-11-9-14(11)20-15(18-4)19-10-16(2,3)12-5-7-13(17)8-6-12;/h5-8,11,14H,9-10H2,1-4H3,(H2,18,19,20);1H. The molecule has 0 aromatic heterocycles. The van der Waals surface area contributed by atoms with Crippen molar-refractivity contribution < 1.29 is 0 Å². The number of nitrogens with zero attached hydrogens (tertiary/aromatic N) is 1. The molecule has 2 N–H and O–H groups in total. The number of benzene rings is 1. The van der Waals surface area contributed by atoms with Crippen LogP contribution in [-0.2, 0) is 5.41 Å². The molecule has 1 saturated carbocycles. The Hall–Kier alpha value is -0.490. The van der Waals surface area contributed by atoms with Gasteiger partial charge < -0.3 is 10.6 Å². The van der Waals surface area contributed by atoms with Crippen molar-refractivity contribution >= 4 is 41.5 Å². The minimum Gasteiger partial charge on any atom is -0.356 e. The molecule has 0 amide bonds. The lowest BCUT2D eigenvalue weighted by Gasteiger charge is -2.27. The van der Waals surface area contributed by atoms with Gasteiger partial charge in [-0.3, -0.25) is 4.99 Å². The molecular weight excluding hydrogens is 397 g/mol. The normalized spacial score (nSPS) is 21.5. The van der Waals surface area contributed by atoms with Crippen molar-refractivity contribution in [1.29, 1.82) is 0 Å². The summed E-state index contributed by atoms with van der Waals surface area (Å²) in [5.41, 5.74) is 1.29. The highest BCUT2D eigenvalue weighted by Crippen LogP contribution is 2.29. The highest BCUT2D eigenvalue weighted by Gasteiger charge is 2.33. The van der Waals surface area contributed by atoms with Gasteiger partial charge in [-0.1, -0.05) is 44.5 Å². The van der Waals surface area contributed by atoms with Crippen LogP contribution in [0.25, 0.3) is 0 Å². The Labute approximate surface area is 150 Å². The van der Waals surface area contributed by atoms with Crippen LogP contribution >= 0.6 is 35.6 Å². The summed E-state index contributed by atoms with van der Waals surface area (Å²) in [6, 6.07) is 8.64. The summed E-state index contributed by atoms with van der Waals surface area (Å²) in [7, 11) is 1.82. The van der Waals surface area contributed by atoms with Crippen LogP contribution in [-0.4, -0.2) is 25.6 Å². The van der Waals surface area contributed by atoms with Crippen molar-refractivity contribution in [1.82, 2.24) is 10.6 Å². The molecule has 0 spiro atoms. The van der Waals surface area contributed by atoms with E-state index in [1.165, 1.54) is 12.0 Å². The van der Waals surface area contributed by atoms with Gasteiger partial charge in [0.25, 0.3) is 0 Å². The van der Waals surface area contributed by atoms with Gasteiger partial charge in [-0.05, 0) is 30.0 Å². The third-order valence-corrected chi connectivity index (χ3v) is 4.23. The predicted molar refractivity (Wildman–Crippen MR) is 102 cm³/mol. The Balaban J connectivity index is 0.00000220. The van der Waals surface area contributed by atoms with Gasteiger partial charge in [0.05, 0.1) is 0 Å². The van der Waals surface area contributed by atoms with Gasteiger partial charge in [0.15, 0.2) is 5.96 Å². The Bertz CT molecular complexity index is 485. The first-order chi connectivity index (χ1) is 9.42. The van der Waals surface area contributed by atoms with Crippen LogP contribution in [0.3, 0.4) is 0 Å². The number of hydrogen-bond acceptors (Lipinski definition) is 1. The second-order valence-electron chi connectivity index (χ2n) is 6.28. The summed E-state index contributed by atoms with van der Waals surface area (Å²) in [6.07, 6.45) is 1.24. The number of hydrogen-bond donors (Lipinski definition) is 2. The molecule has 3 nitrogen and oxygen atoms in total. The van der Waals surface area contributed by atoms with Gasteiger partial charge >= 0.3 is 0 Å². The van der Waals surface area contributed by atoms with Crippen LogP contribution in [0, 0.1) is 5.92 Å². The highest BCUT2D eigenvalue weighted by molar-refractivity contribution is 14.0. The van der Waals surface area contributed by atoms with Crippen molar-refractivity contribution in [2.45, 2.75) is 38.6 Å². The van der Waals surface area contributed by atoms with E-state index in [0.29, 0.717) is 6.04 Å². The average Bonchev–Trinajstić information content (AvgIpc) is 3.10. The zero-order valence-electron chi connectivity index (χ0n) is 13.1. The number of aliphatic imine (C=N–C) groups is 1. The maximum atomic E-state index is 5.94. The van der Waals surface area contributed by atoms with E-state index in [0.717, 1.165) is 23.4 Å². The zero-order valence-corrected chi connectivity index (χ0v) is 16.2. The number of guanidine groups is 1. The first-order valence-electron chi connectivity index (χ1n) is 7.15. The fraction of sp³-hybridized carbons (Fsp3) is 0.562. The van der Waals surface area contributed by atoms with Crippen LogP contribution in [0.1, 0.15) is 32.8 Å². The van der Waals surface area contributed by atoms with E-state index in [-0.39, 0.29) is 29.4 Å². The minimum atomic E-state index is 0. The fourth-order valence-electron chi connectivity index (χ4n) is 2.20. The molecule has 0 radical (unpaired) electrons. The van der Waals surface area contributed by atoms with E-state index in [2.05, 4.69) is 48.5 Å². The van der Waals surface area contributed by atoms with Crippen LogP contribution in [0.5, 0.6) is 0 Å². The third kappa shape index (κ3) is 5.33. The molecule has 1 aliphatic carbocycles. The van der Waals surface area contributed by atoms with Crippen LogP contribution < -0.4 is 10.6 Å². The summed E-state index contributed by atoms with van der Waals surface area (Å²) >= 11 is 5.94. The van der Waals surface area contributed by atoms with Gasteiger partial charge in [0, 0.05) is 30.1 Å². The van der Waals surface area contributed by atoms with Crippen molar-refractivity contribution in [2.24, 2.45) is 10.9 Å². The van der Waals surface area contributed by atoms with Gasteiger partial charge in [-0.25, -0.2) is 0 Å². The molecule has 0 heterocycles. The summed E-state index contributed by atoms with van der Waals surface area (Å²) in [5, 5.41) is 7.64. The van der Waals surface area contributed by atoms with Crippen LogP contribution in [0.15, 0.2) is 29.3 Å². The summed E-state index contributed by atoms with van der Waals surface area (Å²) in [4.78, 5) is 4.29. The average molecular weight is 422 g/mol. The van der Waals surface area contributed by atoms with Crippen molar-refractivity contribution in [2.75, 3.05) is 13.6 Å². The lowest BCUT2D eigenvalue weighted by atomic mass is 9.85. The number of rotatable bonds is 4. The van der Waals surface area contributed by atoms with E-state index in [1.807, 2.05) is 19.2 Å². The van der Waals surface area contributed by atoms with Gasteiger partial charge in [0.1, 0.15) is 0 Å². The molecular formula is C16H25ClIN3.